The molecule has 4 aromatic rings. The summed E-state index contributed by atoms with van der Waals surface area (Å²) < 4.78 is 11.2. The van der Waals surface area contributed by atoms with Crippen LogP contribution < -0.4 is 10.1 Å². The predicted molar refractivity (Wildman–Crippen MR) is 129 cm³/mol. The number of ketones is 1. The van der Waals surface area contributed by atoms with Gasteiger partial charge in [0.05, 0.1) is 28.6 Å². The number of anilines is 1. The fraction of sp³-hybridized carbons (Fsp3) is 0.200. The Morgan fingerprint density at radius 3 is 2.63 bits per heavy atom. The van der Waals surface area contributed by atoms with Gasteiger partial charge in [0.2, 0.25) is 0 Å². The molecule has 0 saturated carbocycles. The van der Waals surface area contributed by atoms with E-state index in [0.29, 0.717) is 52.3 Å². The molecule has 1 aliphatic heterocycles. The highest BCUT2D eigenvalue weighted by atomic mass is 35.5. The van der Waals surface area contributed by atoms with Gasteiger partial charge in [-0.05, 0) is 37.1 Å². The van der Waals surface area contributed by atoms with Gasteiger partial charge in [0.1, 0.15) is 29.3 Å². The second-order valence-electron chi connectivity index (χ2n) is 8.11. The Labute approximate surface area is 205 Å². The molecule has 3 heterocycles. The van der Waals surface area contributed by atoms with Crippen LogP contribution in [-0.4, -0.2) is 50.6 Å². The number of para-hydroxylation sites is 1. The van der Waals surface area contributed by atoms with Crippen molar-refractivity contribution in [3.8, 4) is 11.5 Å². The summed E-state index contributed by atoms with van der Waals surface area (Å²) in [6.07, 6.45) is 3.13. The summed E-state index contributed by atoms with van der Waals surface area (Å²) in [4.78, 5) is 36.2. The highest BCUT2D eigenvalue weighted by Gasteiger charge is 2.28. The Morgan fingerprint density at radius 2 is 1.91 bits per heavy atom. The standard InChI is InChI=1S/C25H21ClN4O5/c26-19-10-16(35-15-4-2-1-3-5-15)7-8-17(19)22(31)18-11-27-23-21(18)24(29-13-28-23)30-14-6-9-20(25(32)33)34-12-14/h1-5,7-8,10-11,13-14,20H,6,9,12H2,(H,32,33)(H2,27,28,29,30)/t14-,20+/m1/s1. The van der Waals surface area contributed by atoms with Crippen molar-refractivity contribution in [2.45, 2.75) is 25.0 Å². The van der Waals surface area contributed by atoms with Crippen LogP contribution >= 0.6 is 11.6 Å². The highest BCUT2D eigenvalue weighted by Crippen LogP contribution is 2.32. The third-order valence-electron chi connectivity index (χ3n) is 5.77. The lowest BCUT2D eigenvalue weighted by Gasteiger charge is -2.27. The molecular weight excluding hydrogens is 472 g/mol. The first-order valence-corrected chi connectivity index (χ1v) is 11.4. The number of hydrogen-bond acceptors (Lipinski definition) is 7. The number of aromatic amines is 1. The molecule has 0 spiro atoms. The summed E-state index contributed by atoms with van der Waals surface area (Å²) in [5.74, 6) is 0.370. The number of carboxylic acid groups (broad SMARTS) is 1. The number of aliphatic carboxylic acids is 1. The summed E-state index contributed by atoms with van der Waals surface area (Å²) in [5.41, 5.74) is 1.17. The number of carbonyl (C=O) groups excluding carboxylic acids is 1. The van der Waals surface area contributed by atoms with Gasteiger partial charge in [-0.2, -0.15) is 0 Å². The number of carbonyl (C=O) groups is 2. The van der Waals surface area contributed by atoms with E-state index in [0.717, 1.165) is 0 Å². The van der Waals surface area contributed by atoms with Crippen molar-refractivity contribution in [3.63, 3.8) is 0 Å². The van der Waals surface area contributed by atoms with Gasteiger partial charge < -0.3 is 24.9 Å². The highest BCUT2D eigenvalue weighted by molar-refractivity contribution is 6.35. The number of aromatic nitrogens is 3. The van der Waals surface area contributed by atoms with E-state index >= 15 is 0 Å². The first kappa shape index (κ1) is 22.8. The lowest BCUT2D eigenvalue weighted by atomic mass is 10.0. The number of fused-ring (bicyclic) bond motifs is 1. The third-order valence-corrected chi connectivity index (χ3v) is 6.08. The number of hydrogen-bond donors (Lipinski definition) is 3. The molecule has 9 nitrogen and oxygen atoms in total. The van der Waals surface area contributed by atoms with Gasteiger partial charge in [0, 0.05) is 17.8 Å². The Bertz CT molecular complexity index is 1380. The second kappa shape index (κ2) is 9.73. The number of carboxylic acids is 1. The zero-order chi connectivity index (χ0) is 24.4. The van der Waals surface area contributed by atoms with Crippen molar-refractivity contribution in [3.05, 3.63) is 77.2 Å². The molecule has 1 fully saturated rings. The number of halogens is 1. The molecule has 2 atom stereocenters. The normalized spacial score (nSPS) is 17.7. The smallest absolute Gasteiger partial charge is 0.332 e. The van der Waals surface area contributed by atoms with Gasteiger partial charge in [0.15, 0.2) is 11.9 Å². The van der Waals surface area contributed by atoms with Crippen molar-refractivity contribution >= 4 is 40.2 Å². The van der Waals surface area contributed by atoms with E-state index in [2.05, 4.69) is 20.3 Å². The molecule has 2 aromatic heterocycles. The quantitative estimate of drug-likeness (QED) is 0.317. The monoisotopic (exact) mass is 492 g/mol. The maximum Gasteiger partial charge on any atom is 0.332 e. The molecule has 178 valence electrons. The van der Waals surface area contributed by atoms with Crippen LogP contribution in [-0.2, 0) is 9.53 Å². The van der Waals surface area contributed by atoms with Crippen LogP contribution in [0, 0.1) is 0 Å². The molecule has 35 heavy (non-hydrogen) atoms. The van der Waals surface area contributed by atoms with Crippen LogP contribution in [0.2, 0.25) is 5.02 Å². The van der Waals surface area contributed by atoms with E-state index in [1.165, 1.54) is 6.33 Å². The molecule has 10 heteroatoms. The number of nitrogens with zero attached hydrogens (tertiary/aromatic N) is 2. The summed E-state index contributed by atoms with van der Waals surface area (Å²) in [5, 5.41) is 13.2. The Hall–Kier alpha value is -3.95. The van der Waals surface area contributed by atoms with Crippen molar-refractivity contribution in [1.82, 2.24) is 15.0 Å². The maximum absolute atomic E-state index is 13.5. The molecule has 3 N–H and O–H groups in total. The Morgan fingerprint density at radius 1 is 1.09 bits per heavy atom. The van der Waals surface area contributed by atoms with Crippen LogP contribution in [0.3, 0.4) is 0 Å². The topological polar surface area (TPSA) is 126 Å². The minimum atomic E-state index is -0.969. The number of ether oxygens (including phenoxy) is 2. The average molecular weight is 493 g/mol. The predicted octanol–water partition coefficient (Wildman–Crippen LogP) is 4.68. The van der Waals surface area contributed by atoms with E-state index in [1.54, 1.807) is 24.4 Å². The van der Waals surface area contributed by atoms with Crippen LogP contribution in [0.5, 0.6) is 11.5 Å². The fourth-order valence-electron chi connectivity index (χ4n) is 4.02. The molecule has 1 aliphatic rings. The number of benzene rings is 2. The van der Waals surface area contributed by atoms with E-state index in [1.807, 2.05) is 30.3 Å². The van der Waals surface area contributed by atoms with Gasteiger partial charge in [-0.3, -0.25) is 4.79 Å². The van der Waals surface area contributed by atoms with Crippen LogP contribution in [0.4, 0.5) is 5.82 Å². The Balaban J connectivity index is 1.39. The lowest BCUT2D eigenvalue weighted by molar-refractivity contribution is -0.153. The zero-order valence-corrected chi connectivity index (χ0v) is 19.2. The van der Waals surface area contributed by atoms with Crippen molar-refractivity contribution in [2.24, 2.45) is 0 Å². The molecule has 2 aromatic carbocycles. The summed E-state index contributed by atoms with van der Waals surface area (Å²) >= 11 is 6.47. The largest absolute Gasteiger partial charge is 0.479 e. The first-order chi connectivity index (χ1) is 17.0. The van der Waals surface area contributed by atoms with Gasteiger partial charge in [-0.25, -0.2) is 14.8 Å². The van der Waals surface area contributed by atoms with Gasteiger partial charge in [-0.1, -0.05) is 29.8 Å². The van der Waals surface area contributed by atoms with Crippen LogP contribution in [0.1, 0.15) is 28.8 Å². The van der Waals surface area contributed by atoms with Gasteiger partial charge in [-0.15, -0.1) is 0 Å². The van der Waals surface area contributed by atoms with Gasteiger partial charge >= 0.3 is 5.97 Å². The third kappa shape index (κ3) is 4.82. The second-order valence-corrected chi connectivity index (χ2v) is 8.52. The molecule has 1 saturated heterocycles. The van der Waals surface area contributed by atoms with Crippen LogP contribution in [0.15, 0.2) is 61.1 Å². The van der Waals surface area contributed by atoms with Crippen molar-refractivity contribution in [2.75, 3.05) is 11.9 Å². The fourth-order valence-corrected chi connectivity index (χ4v) is 4.27. The molecule has 0 amide bonds. The first-order valence-electron chi connectivity index (χ1n) is 11.0. The molecule has 0 bridgehead atoms. The minimum absolute atomic E-state index is 0.153. The van der Waals surface area contributed by atoms with E-state index in [9.17, 15) is 9.59 Å². The number of rotatable bonds is 7. The molecule has 0 unspecified atom stereocenters. The summed E-state index contributed by atoms with van der Waals surface area (Å²) in [7, 11) is 0. The minimum Gasteiger partial charge on any atom is -0.479 e. The summed E-state index contributed by atoms with van der Waals surface area (Å²) in [6.45, 7) is 0.213. The lowest BCUT2D eigenvalue weighted by Crippen LogP contribution is -2.38. The molecule has 5 rings (SSSR count). The SMILES string of the molecule is O=C(c1ccc(Oc2ccccc2)cc1Cl)c1c[nH]c2ncnc(N[C@@H]3CC[C@@H](C(=O)O)OC3)c12. The average Bonchev–Trinajstić information content (AvgIpc) is 3.30. The maximum atomic E-state index is 13.5. The zero-order valence-electron chi connectivity index (χ0n) is 18.4. The molecule has 0 aliphatic carbocycles. The molecule has 0 radical (unpaired) electrons. The van der Waals surface area contributed by atoms with E-state index in [-0.39, 0.29) is 23.5 Å². The van der Waals surface area contributed by atoms with Crippen molar-refractivity contribution < 1.29 is 24.2 Å². The van der Waals surface area contributed by atoms with Crippen molar-refractivity contribution in [1.29, 1.82) is 0 Å². The number of nitrogens with one attached hydrogen (secondary N) is 2. The Kier molecular flexibility index (Phi) is 6.35. The van der Waals surface area contributed by atoms with E-state index < -0.39 is 12.1 Å². The summed E-state index contributed by atoms with van der Waals surface area (Å²) in [6, 6.07) is 14.0. The molecular formula is C25H21ClN4O5. The van der Waals surface area contributed by atoms with E-state index in [4.69, 9.17) is 26.2 Å². The van der Waals surface area contributed by atoms with Crippen LogP contribution in [0.25, 0.3) is 11.0 Å². The number of H-pyrrole nitrogens is 1. The van der Waals surface area contributed by atoms with Gasteiger partial charge in [0.25, 0.3) is 0 Å².